The predicted octanol–water partition coefficient (Wildman–Crippen LogP) is 6.57. The Kier molecular flexibility index (Phi) is 4.61. The van der Waals surface area contributed by atoms with Gasteiger partial charge in [-0.15, -0.1) is 11.3 Å². The van der Waals surface area contributed by atoms with Crippen LogP contribution in [0.3, 0.4) is 0 Å². The van der Waals surface area contributed by atoms with Gasteiger partial charge in [-0.1, -0.05) is 58.0 Å². The molecule has 0 aliphatic rings. The van der Waals surface area contributed by atoms with Crippen molar-refractivity contribution in [1.29, 1.82) is 0 Å². The molecule has 2 heterocycles. The van der Waals surface area contributed by atoms with Gasteiger partial charge >= 0.3 is 0 Å². The van der Waals surface area contributed by atoms with Gasteiger partial charge in [-0.05, 0) is 29.6 Å². The molecule has 2 aromatic heterocycles. The molecule has 0 atom stereocenters. The Bertz CT molecular complexity index is 843. The fraction of sp³-hybridized carbons (Fsp3) is 0.0769. The number of aromatic nitrogens is 2. The van der Waals surface area contributed by atoms with Crippen LogP contribution >= 0.6 is 69.3 Å². The molecule has 0 fully saturated rings. The van der Waals surface area contributed by atoms with Gasteiger partial charge in [-0.2, -0.15) is 0 Å². The number of nitrogens with one attached hydrogen (secondary N) is 1. The monoisotopic (exact) mass is 411 g/mol. The molecule has 3 rings (SSSR count). The molecule has 0 radical (unpaired) electrons. The van der Waals surface area contributed by atoms with Crippen molar-refractivity contribution in [2.24, 2.45) is 0 Å². The summed E-state index contributed by atoms with van der Waals surface area (Å²) in [6.07, 6.45) is 0. The summed E-state index contributed by atoms with van der Waals surface area (Å²) < 4.78 is -1.71. The van der Waals surface area contributed by atoms with Gasteiger partial charge in [0, 0.05) is 5.02 Å². The molecule has 1 aromatic carbocycles. The molecule has 0 amide bonds. The minimum atomic E-state index is -1.71. The van der Waals surface area contributed by atoms with Crippen LogP contribution in [0.25, 0.3) is 10.2 Å². The highest BCUT2D eigenvalue weighted by Crippen LogP contribution is 2.39. The Balaban J connectivity index is 2.11. The van der Waals surface area contributed by atoms with Gasteiger partial charge in [0.05, 0.1) is 16.1 Å². The number of halogens is 5. The van der Waals surface area contributed by atoms with Crippen molar-refractivity contribution in [3.8, 4) is 0 Å². The van der Waals surface area contributed by atoms with Crippen LogP contribution in [0.15, 0.2) is 29.6 Å². The van der Waals surface area contributed by atoms with Gasteiger partial charge in [-0.25, -0.2) is 9.97 Å². The quantitative estimate of drug-likeness (QED) is 0.483. The van der Waals surface area contributed by atoms with E-state index < -0.39 is 3.79 Å². The van der Waals surface area contributed by atoms with E-state index in [1.165, 1.54) is 11.3 Å². The largest absolute Gasteiger partial charge is 0.338 e. The predicted molar refractivity (Wildman–Crippen MR) is 96.4 cm³/mol. The van der Waals surface area contributed by atoms with Crippen molar-refractivity contribution in [2.75, 3.05) is 5.32 Å². The van der Waals surface area contributed by atoms with Crippen molar-refractivity contribution < 1.29 is 0 Å². The van der Waals surface area contributed by atoms with Crippen molar-refractivity contribution >= 4 is 91.1 Å². The minimum Gasteiger partial charge on any atom is -0.338 e. The summed E-state index contributed by atoms with van der Waals surface area (Å²) in [6.45, 7) is 0. The third kappa shape index (κ3) is 3.37. The molecule has 1 N–H and O–H groups in total. The Hall–Kier alpha value is -0.490. The van der Waals surface area contributed by atoms with E-state index >= 15 is 0 Å². The minimum absolute atomic E-state index is 0.0973. The molecule has 9 heteroatoms. The molecule has 22 heavy (non-hydrogen) atoms. The van der Waals surface area contributed by atoms with E-state index in [1.807, 2.05) is 11.4 Å². The SMILES string of the molecule is Clc1ccc(Nc2nc(C(Cl)(Cl)Cl)nc3sccc23)c(Cl)c1. The topological polar surface area (TPSA) is 37.8 Å². The highest BCUT2D eigenvalue weighted by Gasteiger charge is 2.28. The number of hydrogen-bond donors (Lipinski definition) is 1. The third-order valence-corrected chi connectivity index (χ3v) is 4.62. The zero-order valence-corrected chi connectivity index (χ0v) is 15.2. The molecule has 0 spiro atoms. The normalized spacial score (nSPS) is 11.9. The van der Waals surface area contributed by atoms with Crippen molar-refractivity contribution in [3.05, 3.63) is 45.5 Å². The van der Waals surface area contributed by atoms with E-state index in [1.54, 1.807) is 18.2 Å². The zero-order chi connectivity index (χ0) is 15.9. The number of hydrogen-bond acceptors (Lipinski definition) is 4. The number of anilines is 2. The maximum absolute atomic E-state index is 6.17. The van der Waals surface area contributed by atoms with Crippen LogP contribution in [-0.4, -0.2) is 9.97 Å². The highest BCUT2D eigenvalue weighted by molar-refractivity contribution is 7.16. The number of thiophene rings is 1. The van der Waals surface area contributed by atoms with Crippen LogP contribution in [0.4, 0.5) is 11.5 Å². The average Bonchev–Trinajstić information content (AvgIpc) is 2.89. The summed E-state index contributed by atoms with van der Waals surface area (Å²) in [7, 11) is 0. The number of nitrogens with zero attached hydrogens (tertiary/aromatic N) is 2. The van der Waals surface area contributed by atoms with Crippen LogP contribution in [0.1, 0.15) is 5.82 Å². The summed E-state index contributed by atoms with van der Waals surface area (Å²) in [5.41, 5.74) is 0.646. The first-order valence-corrected chi connectivity index (χ1v) is 8.66. The summed E-state index contributed by atoms with van der Waals surface area (Å²) in [6, 6.07) is 6.99. The van der Waals surface area contributed by atoms with Crippen LogP contribution in [-0.2, 0) is 3.79 Å². The lowest BCUT2D eigenvalue weighted by Crippen LogP contribution is -2.09. The van der Waals surface area contributed by atoms with E-state index in [9.17, 15) is 0 Å². The molecule has 114 valence electrons. The Morgan fingerprint density at radius 3 is 2.50 bits per heavy atom. The van der Waals surface area contributed by atoms with Crippen LogP contribution in [0.2, 0.25) is 10.0 Å². The van der Waals surface area contributed by atoms with Crippen molar-refractivity contribution in [2.45, 2.75) is 3.79 Å². The van der Waals surface area contributed by atoms with E-state index in [0.29, 0.717) is 26.4 Å². The van der Waals surface area contributed by atoms with Gasteiger partial charge in [0.2, 0.25) is 3.79 Å². The third-order valence-electron chi connectivity index (χ3n) is 2.76. The van der Waals surface area contributed by atoms with E-state index in [2.05, 4.69) is 15.3 Å². The average molecular weight is 414 g/mol. The molecule has 0 aliphatic heterocycles. The van der Waals surface area contributed by atoms with Crippen molar-refractivity contribution in [1.82, 2.24) is 9.97 Å². The lowest BCUT2D eigenvalue weighted by atomic mass is 10.3. The first-order chi connectivity index (χ1) is 10.3. The van der Waals surface area contributed by atoms with E-state index in [0.717, 1.165) is 5.39 Å². The first kappa shape index (κ1) is 16.4. The molecule has 0 saturated carbocycles. The molecular formula is C13H6Cl5N3S. The molecular weight excluding hydrogens is 407 g/mol. The Morgan fingerprint density at radius 2 is 1.82 bits per heavy atom. The molecule has 0 aliphatic carbocycles. The van der Waals surface area contributed by atoms with Crippen LogP contribution in [0, 0.1) is 0 Å². The molecule has 0 unspecified atom stereocenters. The summed E-state index contributed by atoms with van der Waals surface area (Å²) in [5.74, 6) is 0.608. The second kappa shape index (κ2) is 6.19. The standard InChI is InChI=1S/C13H6Cl5N3S/c14-6-1-2-9(8(15)5-6)19-10-7-3-4-22-11(7)21-12(20-10)13(16,17)18/h1-5H,(H,19,20,21). The number of rotatable bonds is 2. The van der Waals surface area contributed by atoms with Gasteiger partial charge in [-0.3, -0.25) is 0 Å². The first-order valence-electron chi connectivity index (χ1n) is 5.89. The molecule has 0 saturated heterocycles. The smallest absolute Gasteiger partial charge is 0.250 e. The number of alkyl halides is 3. The lowest BCUT2D eigenvalue weighted by Gasteiger charge is -2.13. The maximum atomic E-state index is 6.17. The van der Waals surface area contributed by atoms with Gasteiger partial charge in [0.15, 0.2) is 5.82 Å². The van der Waals surface area contributed by atoms with E-state index in [4.69, 9.17) is 58.0 Å². The highest BCUT2D eigenvalue weighted by atomic mass is 35.6. The number of benzene rings is 1. The van der Waals surface area contributed by atoms with Crippen molar-refractivity contribution in [3.63, 3.8) is 0 Å². The zero-order valence-electron chi connectivity index (χ0n) is 10.6. The summed E-state index contributed by atoms with van der Waals surface area (Å²) >= 11 is 31.2. The fourth-order valence-corrected chi connectivity index (χ4v) is 3.27. The number of fused-ring (bicyclic) bond motifs is 1. The molecule has 3 nitrogen and oxygen atoms in total. The molecule has 3 aromatic rings. The lowest BCUT2D eigenvalue weighted by molar-refractivity contribution is 1.00. The Morgan fingerprint density at radius 1 is 1.05 bits per heavy atom. The second-order valence-corrected chi connectivity index (χ2v) is 8.30. The summed E-state index contributed by atoms with van der Waals surface area (Å²) in [4.78, 5) is 9.27. The Labute approximate surface area is 155 Å². The molecule has 0 bridgehead atoms. The van der Waals surface area contributed by atoms with Crippen LogP contribution < -0.4 is 5.32 Å². The van der Waals surface area contributed by atoms with Gasteiger partial charge < -0.3 is 5.32 Å². The maximum Gasteiger partial charge on any atom is 0.250 e. The summed E-state index contributed by atoms with van der Waals surface area (Å²) in [5, 5.41) is 6.83. The van der Waals surface area contributed by atoms with Gasteiger partial charge in [0.1, 0.15) is 10.6 Å². The van der Waals surface area contributed by atoms with Gasteiger partial charge in [0.25, 0.3) is 0 Å². The van der Waals surface area contributed by atoms with E-state index in [-0.39, 0.29) is 5.82 Å². The van der Waals surface area contributed by atoms with Crippen LogP contribution in [0.5, 0.6) is 0 Å². The second-order valence-electron chi connectivity index (χ2n) is 4.28. The fourth-order valence-electron chi connectivity index (χ4n) is 1.80.